The van der Waals surface area contributed by atoms with Gasteiger partial charge in [0.05, 0.1) is 12.1 Å². The summed E-state index contributed by atoms with van der Waals surface area (Å²) in [6, 6.07) is 6.63. The number of hydrogen-bond donors (Lipinski definition) is 2. The Balaban J connectivity index is 1.61. The van der Waals surface area contributed by atoms with Crippen LogP contribution in [0.15, 0.2) is 49.1 Å². The standard InChI is InChI=1S/C18H18N8O2/c1-11(13-5-3-7-19-9-13)21-17(27)15-23-25-16(26-24-15)18(28)22-12(2)14-6-4-8-20-10-14/h3-12H,1-2H3,(H,21,27)(H,22,28). The van der Waals surface area contributed by atoms with Gasteiger partial charge in [-0.2, -0.15) is 0 Å². The van der Waals surface area contributed by atoms with Gasteiger partial charge in [0.15, 0.2) is 0 Å². The maximum Gasteiger partial charge on any atom is 0.293 e. The quantitative estimate of drug-likeness (QED) is 0.649. The number of hydrogen-bond acceptors (Lipinski definition) is 8. The van der Waals surface area contributed by atoms with Crippen LogP contribution in [0.4, 0.5) is 0 Å². The minimum absolute atomic E-state index is 0.229. The third-order valence-electron chi connectivity index (χ3n) is 3.95. The van der Waals surface area contributed by atoms with Crippen molar-refractivity contribution in [3.05, 3.63) is 71.8 Å². The number of rotatable bonds is 6. The lowest BCUT2D eigenvalue weighted by Gasteiger charge is -2.13. The topological polar surface area (TPSA) is 136 Å². The highest BCUT2D eigenvalue weighted by Crippen LogP contribution is 2.11. The summed E-state index contributed by atoms with van der Waals surface area (Å²) in [5.41, 5.74) is 1.66. The van der Waals surface area contributed by atoms with Gasteiger partial charge in [0.1, 0.15) is 0 Å². The van der Waals surface area contributed by atoms with Crippen LogP contribution >= 0.6 is 0 Å². The first-order valence-corrected chi connectivity index (χ1v) is 8.53. The molecule has 0 aliphatic carbocycles. The van der Waals surface area contributed by atoms with Crippen LogP contribution in [0.3, 0.4) is 0 Å². The maximum atomic E-state index is 12.2. The van der Waals surface area contributed by atoms with Gasteiger partial charge >= 0.3 is 0 Å². The zero-order valence-corrected chi connectivity index (χ0v) is 15.3. The first-order valence-electron chi connectivity index (χ1n) is 8.53. The Hall–Kier alpha value is -3.82. The first kappa shape index (κ1) is 19.0. The molecule has 2 amide bonds. The van der Waals surface area contributed by atoms with E-state index in [-0.39, 0.29) is 23.7 Å². The van der Waals surface area contributed by atoms with Crippen LogP contribution in [-0.2, 0) is 0 Å². The molecule has 0 aliphatic rings. The molecule has 0 fully saturated rings. The molecule has 142 valence electrons. The smallest absolute Gasteiger partial charge is 0.293 e. The number of amides is 2. The molecule has 0 aliphatic heterocycles. The summed E-state index contributed by atoms with van der Waals surface area (Å²) in [7, 11) is 0. The van der Waals surface area contributed by atoms with E-state index in [2.05, 4.69) is 41.0 Å². The maximum absolute atomic E-state index is 12.2. The van der Waals surface area contributed by atoms with Crippen molar-refractivity contribution in [2.45, 2.75) is 25.9 Å². The monoisotopic (exact) mass is 378 g/mol. The van der Waals surface area contributed by atoms with Gasteiger partial charge in [-0.3, -0.25) is 19.6 Å². The van der Waals surface area contributed by atoms with E-state index in [4.69, 9.17) is 0 Å². The Labute approximate surface area is 160 Å². The van der Waals surface area contributed by atoms with Gasteiger partial charge in [-0.1, -0.05) is 12.1 Å². The van der Waals surface area contributed by atoms with Gasteiger partial charge < -0.3 is 10.6 Å². The normalized spacial score (nSPS) is 12.6. The van der Waals surface area contributed by atoms with E-state index in [9.17, 15) is 9.59 Å². The molecule has 2 unspecified atom stereocenters. The van der Waals surface area contributed by atoms with E-state index in [1.165, 1.54) is 0 Å². The first-order chi connectivity index (χ1) is 13.5. The molecule has 2 N–H and O–H groups in total. The number of aromatic nitrogens is 6. The molecule has 3 aromatic rings. The summed E-state index contributed by atoms with van der Waals surface area (Å²) < 4.78 is 0. The lowest BCUT2D eigenvalue weighted by atomic mass is 10.1. The SMILES string of the molecule is CC(NC(=O)c1nnc(C(=O)NC(C)c2cccnc2)nn1)c1cccnc1. The Morgan fingerprint density at radius 3 is 1.46 bits per heavy atom. The van der Waals surface area contributed by atoms with Crippen LogP contribution in [0, 0.1) is 0 Å². The highest BCUT2D eigenvalue weighted by atomic mass is 16.2. The largest absolute Gasteiger partial charge is 0.343 e. The van der Waals surface area contributed by atoms with Gasteiger partial charge in [-0.25, -0.2) is 0 Å². The van der Waals surface area contributed by atoms with Crippen LogP contribution in [0.2, 0.25) is 0 Å². The van der Waals surface area contributed by atoms with Crippen LogP contribution in [0.25, 0.3) is 0 Å². The van der Waals surface area contributed by atoms with E-state index in [0.717, 1.165) is 11.1 Å². The minimum atomic E-state index is -0.549. The molecular weight excluding hydrogens is 360 g/mol. The highest BCUT2D eigenvalue weighted by Gasteiger charge is 2.19. The Kier molecular flexibility index (Phi) is 5.90. The molecule has 10 nitrogen and oxygen atoms in total. The number of nitrogens with one attached hydrogen (secondary N) is 2. The summed E-state index contributed by atoms with van der Waals surface area (Å²) in [5.74, 6) is -1.56. The second-order valence-corrected chi connectivity index (χ2v) is 6.01. The van der Waals surface area contributed by atoms with Gasteiger partial charge in [-0.05, 0) is 37.1 Å². The molecule has 2 atom stereocenters. The molecule has 0 radical (unpaired) electrons. The van der Waals surface area contributed by atoms with Crippen molar-refractivity contribution in [2.75, 3.05) is 0 Å². The Morgan fingerprint density at radius 1 is 0.750 bits per heavy atom. The molecule has 0 aromatic carbocycles. The van der Waals surface area contributed by atoms with Crippen molar-refractivity contribution in [3.63, 3.8) is 0 Å². The lowest BCUT2D eigenvalue weighted by molar-refractivity contribution is 0.0905. The van der Waals surface area contributed by atoms with Gasteiger partial charge in [-0.15, -0.1) is 20.4 Å². The van der Waals surface area contributed by atoms with Gasteiger partial charge in [0.25, 0.3) is 23.5 Å². The van der Waals surface area contributed by atoms with Gasteiger partial charge in [0, 0.05) is 24.8 Å². The van der Waals surface area contributed by atoms with Crippen molar-refractivity contribution in [2.24, 2.45) is 0 Å². The van der Waals surface area contributed by atoms with Crippen molar-refractivity contribution in [1.29, 1.82) is 0 Å². The van der Waals surface area contributed by atoms with Crippen LogP contribution in [0.5, 0.6) is 0 Å². The average Bonchev–Trinajstić information content (AvgIpc) is 2.75. The van der Waals surface area contributed by atoms with Crippen molar-refractivity contribution >= 4 is 11.8 Å². The molecule has 0 spiro atoms. The zero-order chi connectivity index (χ0) is 19.9. The molecule has 28 heavy (non-hydrogen) atoms. The van der Waals surface area contributed by atoms with Crippen LogP contribution in [-0.4, -0.2) is 42.2 Å². The summed E-state index contributed by atoms with van der Waals surface area (Å²) in [5, 5.41) is 20.3. The zero-order valence-electron chi connectivity index (χ0n) is 15.3. The summed E-state index contributed by atoms with van der Waals surface area (Å²) in [6.45, 7) is 3.61. The Morgan fingerprint density at radius 2 is 1.14 bits per heavy atom. The molecule has 0 saturated heterocycles. The second-order valence-electron chi connectivity index (χ2n) is 6.01. The summed E-state index contributed by atoms with van der Waals surface area (Å²) >= 11 is 0. The van der Waals surface area contributed by atoms with E-state index >= 15 is 0 Å². The molecule has 3 rings (SSSR count). The molecule has 3 heterocycles. The minimum Gasteiger partial charge on any atom is -0.343 e. The van der Waals surface area contributed by atoms with Crippen LogP contribution in [0.1, 0.15) is 58.3 Å². The predicted octanol–water partition coefficient (Wildman–Crippen LogP) is 1.04. The fourth-order valence-corrected chi connectivity index (χ4v) is 2.36. The number of pyridine rings is 2. The van der Waals surface area contributed by atoms with Crippen molar-refractivity contribution in [1.82, 2.24) is 41.0 Å². The average molecular weight is 378 g/mol. The van der Waals surface area contributed by atoms with Crippen molar-refractivity contribution < 1.29 is 9.59 Å². The molecule has 0 bridgehead atoms. The number of carbonyl (C=O) groups is 2. The summed E-state index contributed by atoms with van der Waals surface area (Å²) in [4.78, 5) is 32.5. The third-order valence-corrected chi connectivity index (χ3v) is 3.95. The predicted molar refractivity (Wildman–Crippen MR) is 97.9 cm³/mol. The number of nitrogens with zero attached hydrogens (tertiary/aromatic N) is 6. The van der Waals surface area contributed by atoms with E-state index in [1.807, 2.05) is 12.1 Å². The fourth-order valence-electron chi connectivity index (χ4n) is 2.36. The highest BCUT2D eigenvalue weighted by molar-refractivity contribution is 5.92. The second kappa shape index (κ2) is 8.71. The third kappa shape index (κ3) is 4.67. The fraction of sp³-hybridized carbons (Fsp3) is 0.222. The number of carbonyl (C=O) groups excluding carboxylic acids is 2. The lowest BCUT2D eigenvalue weighted by Crippen LogP contribution is -2.32. The Bertz CT molecular complexity index is 856. The van der Waals surface area contributed by atoms with Crippen molar-refractivity contribution in [3.8, 4) is 0 Å². The molecule has 0 saturated carbocycles. The van der Waals surface area contributed by atoms with Crippen LogP contribution < -0.4 is 10.6 Å². The van der Waals surface area contributed by atoms with Gasteiger partial charge in [0.2, 0.25) is 0 Å². The van der Waals surface area contributed by atoms with E-state index in [0.29, 0.717) is 0 Å². The van der Waals surface area contributed by atoms with E-state index in [1.54, 1.807) is 50.8 Å². The molecule has 3 aromatic heterocycles. The molecule has 10 heteroatoms. The van der Waals surface area contributed by atoms with E-state index < -0.39 is 11.8 Å². The summed E-state index contributed by atoms with van der Waals surface area (Å²) in [6.07, 6.45) is 6.60. The molecular formula is C18H18N8O2.